The summed E-state index contributed by atoms with van der Waals surface area (Å²) in [5.41, 5.74) is 0.811. The SMILES string of the molecule is CCC(C)(C#N)NC(=O)C=C(C)c1ccccc1OC. The molecular weight excluding hydrogens is 252 g/mol. The molecule has 1 aromatic rings. The first-order chi connectivity index (χ1) is 9.45. The van der Waals surface area contributed by atoms with Gasteiger partial charge in [0.25, 0.3) is 0 Å². The van der Waals surface area contributed by atoms with E-state index in [1.54, 1.807) is 14.0 Å². The summed E-state index contributed by atoms with van der Waals surface area (Å²) >= 11 is 0. The predicted molar refractivity (Wildman–Crippen MR) is 79.1 cm³/mol. The number of amides is 1. The number of carbonyl (C=O) groups is 1. The second-order valence-electron chi connectivity index (χ2n) is 4.81. The van der Waals surface area contributed by atoms with E-state index in [0.29, 0.717) is 12.2 Å². The van der Waals surface area contributed by atoms with Crippen LogP contribution in [-0.2, 0) is 4.79 Å². The minimum absolute atomic E-state index is 0.278. The van der Waals surface area contributed by atoms with E-state index in [4.69, 9.17) is 10.00 Å². The fraction of sp³-hybridized carbons (Fsp3) is 0.375. The Hall–Kier alpha value is -2.28. The first-order valence-electron chi connectivity index (χ1n) is 6.51. The second-order valence-corrected chi connectivity index (χ2v) is 4.81. The predicted octanol–water partition coefficient (Wildman–Crippen LogP) is 2.91. The number of hydrogen-bond donors (Lipinski definition) is 1. The quantitative estimate of drug-likeness (QED) is 0.838. The third kappa shape index (κ3) is 3.86. The zero-order chi connectivity index (χ0) is 15.2. The molecule has 4 nitrogen and oxygen atoms in total. The highest BCUT2D eigenvalue weighted by atomic mass is 16.5. The van der Waals surface area contributed by atoms with E-state index >= 15 is 0 Å². The van der Waals surface area contributed by atoms with Crippen molar-refractivity contribution in [1.29, 1.82) is 5.26 Å². The molecule has 1 aromatic carbocycles. The first kappa shape index (κ1) is 15.8. The standard InChI is InChI=1S/C16H20N2O2/c1-5-16(3,11-17)18-15(19)10-12(2)13-8-6-7-9-14(13)20-4/h6-10H,5H2,1-4H3,(H,18,19). The Bertz CT molecular complexity index is 558. The van der Waals surface area contributed by atoms with Crippen molar-refractivity contribution in [3.63, 3.8) is 0 Å². The number of allylic oxidation sites excluding steroid dienone is 1. The molecule has 0 aliphatic rings. The highest BCUT2D eigenvalue weighted by Crippen LogP contribution is 2.25. The maximum atomic E-state index is 12.0. The Morgan fingerprint density at radius 1 is 1.50 bits per heavy atom. The molecule has 0 heterocycles. The van der Waals surface area contributed by atoms with Gasteiger partial charge >= 0.3 is 0 Å². The van der Waals surface area contributed by atoms with Gasteiger partial charge in [-0.2, -0.15) is 5.26 Å². The third-order valence-electron chi connectivity index (χ3n) is 3.23. The molecule has 0 aliphatic heterocycles. The number of para-hydroxylation sites is 1. The van der Waals surface area contributed by atoms with E-state index in [0.717, 1.165) is 11.1 Å². The van der Waals surface area contributed by atoms with E-state index < -0.39 is 5.54 Å². The molecule has 1 rings (SSSR count). The Labute approximate surface area is 120 Å². The van der Waals surface area contributed by atoms with Crippen molar-refractivity contribution < 1.29 is 9.53 Å². The lowest BCUT2D eigenvalue weighted by atomic mass is 10.0. The molecule has 1 unspecified atom stereocenters. The molecule has 0 aliphatic carbocycles. The van der Waals surface area contributed by atoms with E-state index in [9.17, 15) is 4.79 Å². The largest absolute Gasteiger partial charge is 0.496 e. The first-order valence-corrected chi connectivity index (χ1v) is 6.51. The number of benzene rings is 1. The third-order valence-corrected chi connectivity index (χ3v) is 3.23. The summed E-state index contributed by atoms with van der Waals surface area (Å²) in [4.78, 5) is 12.0. The van der Waals surface area contributed by atoms with Crippen LogP contribution in [0.1, 0.15) is 32.8 Å². The Morgan fingerprint density at radius 3 is 2.70 bits per heavy atom. The van der Waals surface area contributed by atoms with Crippen LogP contribution in [-0.4, -0.2) is 18.6 Å². The molecule has 106 valence electrons. The normalized spacial score (nSPS) is 14.1. The lowest BCUT2D eigenvalue weighted by Gasteiger charge is -2.20. The lowest BCUT2D eigenvalue weighted by Crippen LogP contribution is -2.43. The van der Waals surface area contributed by atoms with Gasteiger partial charge in [0, 0.05) is 11.6 Å². The second kappa shape index (κ2) is 6.76. The number of rotatable bonds is 5. The summed E-state index contributed by atoms with van der Waals surface area (Å²) < 4.78 is 5.27. The van der Waals surface area contributed by atoms with E-state index in [-0.39, 0.29) is 5.91 Å². The molecule has 0 bridgehead atoms. The average molecular weight is 272 g/mol. The van der Waals surface area contributed by atoms with Gasteiger partial charge in [-0.25, -0.2) is 0 Å². The minimum atomic E-state index is -0.839. The summed E-state index contributed by atoms with van der Waals surface area (Å²) in [5, 5.41) is 11.8. The number of methoxy groups -OCH3 is 1. The maximum absolute atomic E-state index is 12.0. The van der Waals surface area contributed by atoms with Crippen LogP contribution < -0.4 is 10.1 Å². The van der Waals surface area contributed by atoms with Gasteiger partial charge in [0.05, 0.1) is 13.2 Å². The van der Waals surface area contributed by atoms with E-state index in [2.05, 4.69) is 11.4 Å². The van der Waals surface area contributed by atoms with Gasteiger partial charge in [-0.15, -0.1) is 0 Å². The van der Waals surface area contributed by atoms with E-state index in [1.807, 2.05) is 38.1 Å². The van der Waals surface area contributed by atoms with Gasteiger partial charge in [0.1, 0.15) is 11.3 Å². The van der Waals surface area contributed by atoms with Crippen LogP contribution in [0.15, 0.2) is 30.3 Å². The van der Waals surface area contributed by atoms with Crippen molar-refractivity contribution in [2.45, 2.75) is 32.7 Å². The summed E-state index contributed by atoms with van der Waals surface area (Å²) in [6.07, 6.45) is 2.04. The molecule has 0 spiro atoms. The topological polar surface area (TPSA) is 62.1 Å². The van der Waals surface area contributed by atoms with Crippen LogP contribution in [0.2, 0.25) is 0 Å². The summed E-state index contributed by atoms with van der Waals surface area (Å²) in [6, 6.07) is 9.60. The van der Waals surface area contributed by atoms with Crippen molar-refractivity contribution >= 4 is 11.5 Å². The number of nitrogens with one attached hydrogen (secondary N) is 1. The summed E-state index contributed by atoms with van der Waals surface area (Å²) in [6.45, 7) is 5.41. The van der Waals surface area contributed by atoms with Crippen molar-refractivity contribution in [2.24, 2.45) is 0 Å². The molecule has 4 heteroatoms. The van der Waals surface area contributed by atoms with Crippen molar-refractivity contribution in [3.8, 4) is 11.8 Å². The van der Waals surface area contributed by atoms with Crippen LogP contribution in [0, 0.1) is 11.3 Å². The number of carbonyl (C=O) groups excluding carboxylic acids is 1. The monoisotopic (exact) mass is 272 g/mol. The zero-order valence-electron chi connectivity index (χ0n) is 12.4. The molecule has 0 saturated heterocycles. The highest BCUT2D eigenvalue weighted by molar-refractivity contribution is 5.96. The van der Waals surface area contributed by atoms with Gasteiger partial charge in [0.2, 0.25) is 5.91 Å². The molecule has 1 atom stereocenters. The molecule has 20 heavy (non-hydrogen) atoms. The molecule has 0 radical (unpaired) electrons. The van der Waals surface area contributed by atoms with Crippen molar-refractivity contribution in [1.82, 2.24) is 5.32 Å². The highest BCUT2D eigenvalue weighted by Gasteiger charge is 2.22. The summed E-state index contributed by atoms with van der Waals surface area (Å²) in [7, 11) is 1.59. The molecule has 0 aromatic heterocycles. The number of nitrogens with zero attached hydrogens (tertiary/aromatic N) is 1. The molecule has 1 N–H and O–H groups in total. The van der Waals surface area contributed by atoms with Crippen LogP contribution in [0.25, 0.3) is 5.57 Å². The van der Waals surface area contributed by atoms with Gasteiger partial charge in [-0.05, 0) is 31.9 Å². The average Bonchev–Trinajstić information content (AvgIpc) is 2.46. The number of ether oxygens (including phenoxy) is 1. The van der Waals surface area contributed by atoms with Gasteiger partial charge < -0.3 is 10.1 Å². The fourth-order valence-electron chi connectivity index (χ4n) is 1.75. The van der Waals surface area contributed by atoms with Crippen molar-refractivity contribution in [2.75, 3.05) is 7.11 Å². The smallest absolute Gasteiger partial charge is 0.245 e. The molecule has 0 saturated carbocycles. The molecule has 0 fully saturated rings. The fourth-order valence-corrected chi connectivity index (χ4v) is 1.75. The Kier molecular flexibility index (Phi) is 5.33. The molecular formula is C16H20N2O2. The maximum Gasteiger partial charge on any atom is 0.245 e. The Balaban J connectivity index is 2.94. The Morgan fingerprint density at radius 2 is 2.15 bits per heavy atom. The summed E-state index contributed by atoms with van der Waals surface area (Å²) in [5.74, 6) is 0.437. The van der Waals surface area contributed by atoms with E-state index in [1.165, 1.54) is 6.08 Å². The van der Waals surface area contributed by atoms with Gasteiger partial charge in [0.15, 0.2) is 0 Å². The van der Waals surface area contributed by atoms with Crippen LogP contribution >= 0.6 is 0 Å². The van der Waals surface area contributed by atoms with Crippen LogP contribution in [0.5, 0.6) is 5.75 Å². The minimum Gasteiger partial charge on any atom is -0.496 e. The van der Waals surface area contributed by atoms with Gasteiger partial charge in [-0.1, -0.05) is 25.1 Å². The number of hydrogen-bond acceptors (Lipinski definition) is 3. The van der Waals surface area contributed by atoms with Crippen molar-refractivity contribution in [3.05, 3.63) is 35.9 Å². The van der Waals surface area contributed by atoms with Crippen LogP contribution in [0.4, 0.5) is 0 Å². The van der Waals surface area contributed by atoms with Crippen LogP contribution in [0.3, 0.4) is 0 Å². The number of nitriles is 1. The molecule has 1 amide bonds. The lowest BCUT2D eigenvalue weighted by molar-refractivity contribution is -0.117. The van der Waals surface area contributed by atoms with Gasteiger partial charge in [-0.3, -0.25) is 4.79 Å². The zero-order valence-corrected chi connectivity index (χ0v) is 12.4.